The summed E-state index contributed by atoms with van der Waals surface area (Å²) in [4.78, 5) is 81.7. The largest absolute Gasteiger partial charge is 0.480 e. The van der Waals surface area contributed by atoms with E-state index in [-0.39, 0.29) is 31.1 Å². The molecule has 50 heavy (non-hydrogen) atoms. The van der Waals surface area contributed by atoms with E-state index in [9.17, 15) is 33.9 Å². The zero-order chi connectivity index (χ0) is 38.4. The molecule has 16 N–H and O–H groups in total. The highest BCUT2D eigenvalue weighted by Gasteiger charge is 2.34. The fraction of sp³-hybridized carbons (Fsp3) is 0.781. The van der Waals surface area contributed by atoms with Gasteiger partial charge in [-0.15, -0.1) is 0 Å². The van der Waals surface area contributed by atoms with Crippen LogP contribution >= 0.6 is 0 Å². The molecule has 0 saturated heterocycles. The van der Waals surface area contributed by atoms with Crippen molar-refractivity contribution in [3.63, 3.8) is 0 Å². The van der Waals surface area contributed by atoms with E-state index < -0.39 is 77.7 Å². The van der Waals surface area contributed by atoms with Gasteiger partial charge in [-0.2, -0.15) is 0 Å². The van der Waals surface area contributed by atoms with E-state index in [1.807, 2.05) is 6.92 Å². The van der Waals surface area contributed by atoms with Crippen molar-refractivity contribution >= 4 is 41.5 Å². The van der Waals surface area contributed by atoms with Gasteiger partial charge < -0.3 is 60.4 Å². The number of guanidine groups is 1. The van der Waals surface area contributed by atoms with E-state index in [0.717, 1.165) is 0 Å². The van der Waals surface area contributed by atoms with Gasteiger partial charge in [-0.25, -0.2) is 4.79 Å². The zero-order valence-electron chi connectivity index (χ0n) is 30.3. The molecule has 0 aliphatic carbocycles. The number of nitrogens with one attached hydrogen (secondary N) is 5. The first-order valence-electron chi connectivity index (χ1n) is 17.5. The van der Waals surface area contributed by atoms with Gasteiger partial charge in [-0.1, -0.05) is 34.1 Å². The highest BCUT2D eigenvalue weighted by Crippen LogP contribution is 2.12. The predicted octanol–water partition coefficient (Wildman–Crippen LogP) is -2.14. The number of aliphatic imine (C=N–C) groups is 1. The molecule has 0 radical (unpaired) electrons. The predicted molar refractivity (Wildman–Crippen MR) is 191 cm³/mol. The molecule has 0 heterocycles. The molecule has 0 fully saturated rings. The van der Waals surface area contributed by atoms with E-state index in [2.05, 4.69) is 31.6 Å². The molecule has 0 saturated carbocycles. The Morgan fingerprint density at radius 3 is 1.66 bits per heavy atom. The Balaban J connectivity index is 5.75. The lowest BCUT2D eigenvalue weighted by atomic mass is 9.95. The molecule has 0 aromatic rings. The minimum absolute atomic E-state index is 0.0688. The van der Waals surface area contributed by atoms with Crippen molar-refractivity contribution in [3.8, 4) is 0 Å². The normalized spacial score (nSPS) is 15.3. The Morgan fingerprint density at radius 1 is 0.640 bits per heavy atom. The molecule has 288 valence electrons. The van der Waals surface area contributed by atoms with E-state index in [4.69, 9.17) is 28.7 Å². The first kappa shape index (κ1) is 46.0. The van der Waals surface area contributed by atoms with Crippen LogP contribution in [0.15, 0.2) is 4.99 Å². The molecule has 0 aromatic heterocycles. The Labute approximate surface area is 295 Å². The number of nitrogens with two attached hydrogens (primary N) is 5. The fourth-order valence-electron chi connectivity index (χ4n) is 4.84. The molecule has 0 aliphatic heterocycles. The van der Waals surface area contributed by atoms with Crippen LogP contribution in [0.25, 0.3) is 0 Å². The van der Waals surface area contributed by atoms with E-state index >= 15 is 0 Å². The van der Waals surface area contributed by atoms with Crippen molar-refractivity contribution < 1.29 is 33.9 Å². The molecular weight excluding hydrogens is 650 g/mol. The number of rotatable bonds is 26. The fourth-order valence-corrected chi connectivity index (χ4v) is 4.84. The third-order valence-corrected chi connectivity index (χ3v) is 8.24. The molecule has 0 aliphatic rings. The first-order valence-corrected chi connectivity index (χ1v) is 17.5. The number of nitrogens with zero attached hydrogens (tertiary/aromatic N) is 1. The maximum atomic E-state index is 13.6. The molecule has 18 nitrogen and oxygen atoms in total. The van der Waals surface area contributed by atoms with E-state index in [1.165, 1.54) is 6.92 Å². The SMILES string of the molecule is CC[C@H](C)[C@H](NC(=O)[C@@H](N)CCCN=C(N)N)C(=O)N[C@H](C(=O)N[C@@H](CCCCN)C(=O)N[C@@H](C)C(=O)N[C@@H](CCCCN)C(=O)O)C(C)C. The van der Waals surface area contributed by atoms with Gasteiger partial charge in [0, 0.05) is 6.54 Å². The average Bonchev–Trinajstić information content (AvgIpc) is 3.05. The third kappa shape index (κ3) is 18.1. The summed E-state index contributed by atoms with van der Waals surface area (Å²) in [6.07, 6.45) is 3.75. The number of unbranched alkanes of at least 4 members (excludes halogenated alkanes) is 2. The van der Waals surface area contributed by atoms with Crippen molar-refractivity contribution in [2.75, 3.05) is 19.6 Å². The molecular formula is C32H63N11O7. The topological polar surface area (TPSA) is 325 Å². The second kappa shape index (κ2) is 25.0. The number of carbonyl (C=O) groups excluding carboxylic acids is 5. The van der Waals surface area contributed by atoms with Gasteiger partial charge in [0.2, 0.25) is 29.5 Å². The number of carboxylic acid groups (broad SMARTS) is 1. The van der Waals surface area contributed by atoms with Crippen LogP contribution in [0.3, 0.4) is 0 Å². The lowest BCUT2D eigenvalue weighted by Gasteiger charge is -2.30. The molecule has 0 rings (SSSR count). The molecule has 5 amide bonds. The monoisotopic (exact) mass is 713 g/mol. The minimum atomic E-state index is -1.21. The van der Waals surface area contributed by atoms with Gasteiger partial charge in [-0.3, -0.25) is 29.0 Å². The third-order valence-electron chi connectivity index (χ3n) is 8.24. The summed E-state index contributed by atoms with van der Waals surface area (Å²) in [5, 5.41) is 22.6. The summed E-state index contributed by atoms with van der Waals surface area (Å²) < 4.78 is 0. The first-order chi connectivity index (χ1) is 23.5. The van der Waals surface area contributed by atoms with Crippen LogP contribution in [0.2, 0.25) is 0 Å². The van der Waals surface area contributed by atoms with Crippen LogP contribution in [0.5, 0.6) is 0 Å². The van der Waals surface area contributed by atoms with Crippen LogP contribution < -0.4 is 55.3 Å². The number of amides is 5. The maximum Gasteiger partial charge on any atom is 0.326 e. The summed E-state index contributed by atoms with van der Waals surface area (Å²) in [7, 11) is 0. The van der Waals surface area contributed by atoms with Gasteiger partial charge >= 0.3 is 5.97 Å². The Morgan fingerprint density at radius 2 is 1.16 bits per heavy atom. The Kier molecular flexibility index (Phi) is 23.0. The van der Waals surface area contributed by atoms with Crippen molar-refractivity contribution in [2.45, 2.75) is 129 Å². The van der Waals surface area contributed by atoms with Crippen LogP contribution in [0, 0.1) is 11.8 Å². The summed E-state index contributed by atoms with van der Waals surface area (Å²) >= 11 is 0. The van der Waals surface area contributed by atoms with E-state index in [0.29, 0.717) is 58.2 Å². The lowest BCUT2D eigenvalue weighted by Crippen LogP contribution is -2.60. The number of hydrogen-bond acceptors (Lipinski definition) is 10. The number of carboxylic acids is 1. The molecule has 0 bridgehead atoms. The van der Waals surface area contributed by atoms with Crippen LogP contribution in [0.1, 0.15) is 92.4 Å². The quantitative estimate of drug-likeness (QED) is 0.0260. The number of hydrogen-bond donors (Lipinski definition) is 11. The van der Waals surface area contributed by atoms with Gasteiger partial charge in [0.05, 0.1) is 6.04 Å². The highest BCUT2D eigenvalue weighted by molar-refractivity contribution is 5.96. The standard InChI is InChI=1S/C32H63N11O7/c1-6-19(4)25(43-27(45)21(35)12-11-17-38-32(36)37)30(48)42-24(18(2)3)29(47)40-22(13-7-9-15-33)28(46)39-20(5)26(44)41-23(31(49)50)14-8-10-16-34/h18-25H,6-17,33-35H2,1-5H3,(H,39,46)(H,40,47)(H,41,44)(H,42,48)(H,43,45)(H,49,50)(H4,36,37,38)/t19-,20-,21-,22-,23-,24-,25-/m0/s1. The Hall–Kier alpha value is -4.03. The van der Waals surface area contributed by atoms with Gasteiger partial charge in [0.1, 0.15) is 30.2 Å². The molecule has 0 aromatic carbocycles. The lowest BCUT2D eigenvalue weighted by molar-refractivity contribution is -0.142. The second-order valence-electron chi connectivity index (χ2n) is 12.9. The zero-order valence-corrected chi connectivity index (χ0v) is 30.3. The smallest absolute Gasteiger partial charge is 0.326 e. The Bertz CT molecular complexity index is 1120. The molecule has 7 atom stereocenters. The second-order valence-corrected chi connectivity index (χ2v) is 12.9. The van der Waals surface area contributed by atoms with E-state index in [1.54, 1.807) is 20.8 Å². The minimum Gasteiger partial charge on any atom is -0.480 e. The summed E-state index contributed by atoms with van der Waals surface area (Å²) in [6, 6.07) is -6.38. The van der Waals surface area contributed by atoms with Gasteiger partial charge in [0.15, 0.2) is 5.96 Å². The summed E-state index contributed by atoms with van der Waals surface area (Å²) in [5.74, 6) is -5.16. The molecule has 0 unspecified atom stereocenters. The van der Waals surface area contributed by atoms with Gasteiger partial charge in [-0.05, 0) is 83.2 Å². The van der Waals surface area contributed by atoms with Crippen molar-refractivity contribution in [3.05, 3.63) is 0 Å². The van der Waals surface area contributed by atoms with Crippen LogP contribution in [-0.2, 0) is 28.8 Å². The maximum absolute atomic E-state index is 13.6. The van der Waals surface area contributed by atoms with Crippen LogP contribution in [0.4, 0.5) is 0 Å². The van der Waals surface area contributed by atoms with Gasteiger partial charge in [0.25, 0.3) is 0 Å². The van der Waals surface area contributed by atoms with Crippen molar-refractivity contribution in [1.29, 1.82) is 0 Å². The van der Waals surface area contributed by atoms with Crippen LogP contribution in [-0.4, -0.2) is 102 Å². The van der Waals surface area contributed by atoms with Crippen molar-refractivity contribution in [1.82, 2.24) is 26.6 Å². The average molecular weight is 714 g/mol. The number of carbonyl (C=O) groups is 6. The number of aliphatic carboxylic acids is 1. The molecule has 0 spiro atoms. The van der Waals surface area contributed by atoms with Crippen molar-refractivity contribution in [2.24, 2.45) is 45.5 Å². The summed E-state index contributed by atoms with van der Waals surface area (Å²) in [5.41, 5.74) is 27.8. The summed E-state index contributed by atoms with van der Waals surface area (Å²) in [6.45, 7) is 9.52. The highest BCUT2D eigenvalue weighted by atomic mass is 16.4. The molecule has 18 heteroatoms.